The maximum atomic E-state index is 12.0. The molecule has 0 fully saturated rings. The highest BCUT2D eigenvalue weighted by Gasteiger charge is 2.21. The van der Waals surface area contributed by atoms with Crippen molar-refractivity contribution in [1.82, 2.24) is 4.98 Å². The van der Waals surface area contributed by atoms with Crippen molar-refractivity contribution in [3.63, 3.8) is 0 Å². The molecule has 22 heavy (non-hydrogen) atoms. The number of nitro benzene ring substituents is 1. The summed E-state index contributed by atoms with van der Waals surface area (Å²) in [4.78, 5) is 35.9. The van der Waals surface area contributed by atoms with Crippen LogP contribution in [0.5, 0.6) is 0 Å². The van der Waals surface area contributed by atoms with Gasteiger partial charge in [0.25, 0.3) is 11.6 Å². The lowest BCUT2D eigenvalue weighted by Gasteiger charge is -1.99. The molecule has 3 rings (SSSR count). The number of furan rings is 1. The van der Waals surface area contributed by atoms with Crippen LogP contribution in [0.25, 0.3) is 22.6 Å². The lowest BCUT2D eigenvalue weighted by molar-refractivity contribution is -0.401. The first-order chi connectivity index (χ1) is 10.5. The molecule has 2 heterocycles. The van der Waals surface area contributed by atoms with E-state index in [9.17, 15) is 25.0 Å². The fraction of sp³-hybridized carbons (Fsp3) is 0. The monoisotopic (exact) mass is 303 g/mol. The smallest absolute Gasteiger partial charge is 0.399 e. The van der Waals surface area contributed by atoms with Crippen molar-refractivity contribution in [3.8, 4) is 11.7 Å². The van der Waals surface area contributed by atoms with E-state index in [1.807, 2.05) is 0 Å². The van der Waals surface area contributed by atoms with E-state index in [0.717, 1.165) is 12.1 Å². The van der Waals surface area contributed by atoms with Crippen molar-refractivity contribution in [2.45, 2.75) is 0 Å². The lowest BCUT2D eigenvalue weighted by Crippen LogP contribution is -2.05. The first-order valence-electron chi connectivity index (χ1n) is 5.80. The molecule has 0 aliphatic carbocycles. The van der Waals surface area contributed by atoms with Crippen LogP contribution < -0.4 is 5.63 Å². The lowest BCUT2D eigenvalue weighted by atomic mass is 10.2. The van der Waals surface area contributed by atoms with Crippen LogP contribution in [0.2, 0.25) is 0 Å². The topological polar surface area (TPSA) is 143 Å². The predicted octanol–water partition coefficient (Wildman–Crippen LogP) is 2.26. The molecule has 0 amide bonds. The average molecular weight is 303 g/mol. The number of fused-ring (bicyclic) bond motifs is 1. The molecule has 0 bridgehead atoms. The van der Waals surface area contributed by atoms with Gasteiger partial charge in [-0.2, -0.15) is 0 Å². The van der Waals surface area contributed by atoms with Crippen LogP contribution in [0.15, 0.2) is 44.0 Å². The molecule has 0 unspecified atom stereocenters. The standard InChI is InChI=1S/C12H5N3O7/c16-12-10-6(2-1-3-7(10)14(17)18)13-11(22-12)8-4-5-9(21-8)15(19)20/h1-5H. The summed E-state index contributed by atoms with van der Waals surface area (Å²) < 4.78 is 9.76. The Morgan fingerprint density at radius 3 is 2.41 bits per heavy atom. The molecule has 1 aromatic carbocycles. The van der Waals surface area contributed by atoms with Gasteiger partial charge >= 0.3 is 11.5 Å². The second-order valence-electron chi connectivity index (χ2n) is 4.13. The normalized spacial score (nSPS) is 10.7. The molecule has 0 spiro atoms. The summed E-state index contributed by atoms with van der Waals surface area (Å²) in [6, 6.07) is 6.20. The van der Waals surface area contributed by atoms with Crippen molar-refractivity contribution in [1.29, 1.82) is 0 Å². The summed E-state index contributed by atoms with van der Waals surface area (Å²) in [6.45, 7) is 0. The van der Waals surface area contributed by atoms with E-state index in [1.165, 1.54) is 18.2 Å². The molecule has 0 saturated heterocycles. The molecular formula is C12H5N3O7. The molecule has 10 nitrogen and oxygen atoms in total. The van der Waals surface area contributed by atoms with Crippen LogP contribution in [0.4, 0.5) is 11.6 Å². The third kappa shape index (κ3) is 2.08. The highest BCUT2D eigenvalue weighted by molar-refractivity contribution is 5.87. The molecule has 3 aromatic rings. The van der Waals surface area contributed by atoms with Gasteiger partial charge in [0.15, 0.2) is 11.1 Å². The molecule has 0 saturated carbocycles. The van der Waals surface area contributed by atoms with Crippen molar-refractivity contribution in [2.75, 3.05) is 0 Å². The van der Waals surface area contributed by atoms with Gasteiger partial charge in [0.2, 0.25) is 0 Å². The van der Waals surface area contributed by atoms with Gasteiger partial charge < -0.3 is 8.83 Å². The Morgan fingerprint density at radius 2 is 1.77 bits per heavy atom. The molecule has 0 aliphatic rings. The molecule has 0 radical (unpaired) electrons. The van der Waals surface area contributed by atoms with E-state index < -0.39 is 27.0 Å². The van der Waals surface area contributed by atoms with Crippen LogP contribution in [-0.4, -0.2) is 14.8 Å². The van der Waals surface area contributed by atoms with Crippen molar-refractivity contribution in [3.05, 3.63) is 61.0 Å². The van der Waals surface area contributed by atoms with Gasteiger partial charge in [-0.25, -0.2) is 9.78 Å². The van der Waals surface area contributed by atoms with E-state index in [0.29, 0.717) is 0 Å². The quantitative estimate of drug-likeness (QED) is 0.529. The molecule has 2 aromatic heterocycles. The summed E-state index contributed by atoms with van der Waals surface area (Å²) in [5.74, 6) is -0.970. The Bertz CT molecular complexity index is 972. The Morgan fingerprint density at radius 1 is 1.00 bits per heavy atom. The number of nitro groups is 2. The fourth-order valence-electron chi connectivity index (χ4n) is 1.90. The van der Waals surface area contributed by atoms with Crippen LogP contribution in [-0.2, 0) is 0 Å². The van der Waals surface area contributed by atoms with E-state index in [2.05, 4.69) is 4.98 Å². The second kappa shape index (κ2) is 4.77. The molecule has 0 N–H and O–H groups in total. The number of rotatable bonds is 3. The molecule has 110 valence electrons. The largest absolute Gasteiger partial charge is 0.433 e. The first-order valence-corrected chi connectivity index (χ1v) is 5.80. The summed E-state index contributed by atoms with van der Waals surface area (Å²) in [5.41, 5.74) is -1.39. The molecule has 0 aliphatic heterocycles. The Hall–Kier alpha value is -3.56. The van der Waals surface area contributed by atoms with E-state index in [1.54, 1.807) is 0 Å². The minimum absolute atomic E-state index is 0.0273. The Kier molecular flexibility index (Phi) is 2.91. The number of hydrogen-bond donors (Lipinski definition) is 0. The van der Waals surface area contributed by atoms with Gasteiger partial charge in [0, 0.05) is 6.07 Å². The van der Waals surface area contributed by atoms with Crippen molar-refractivity contribution < 1.29 is 18.7 Å². The van der Waals surface area contributed by atoms with E-state index >= 15 is 0 Å². The Labute approximate surface area is 119 Å². The van der Waals surface area contributed by atoms with E-state index in [-0.39, 0.29) is 22.6 Å². The number of nitrogens with zero attached hydrogens (tertiary/aromatic N) is 3. The highest BCUT2D eigenvalue weighted by Crippen LogP contribution is 2.27. The molecular weight excluding hydrogens is 298 g/mol. The van der Waals surface area contributed by atoms with Crippen LogP contribution in [0, 0.1) is 20.2 Å². The van der Waals surface area contributed by atoms with Gasteiger partial charge in [-0.15, -0.1) is 0 Å². The second-order valence-corrected chi connectivity index (χ2v) is 4.13. The van der Waals surface area contributed by atoms with E-state index in [4.69, 9.17) is 8.83 Å². The maximum absolute atomic E-state index is 12.0. The van der Waals surface area contributed by atoms with Gasteiger partial charge in [-0.05, 0) is 12.1 Å². The van der Waals surface area contributed by atoms with Gasteiger partial charge in [-0.1, -0.05) is 6.07 Å². The zero-order valence-corrected chi connectivity index (χ0v) is 10.6. The number of aromatic nitrogens is 1. The van der Waals surface area contributed by atoms with Crippen LogP contribution in [0.1, 0.15) is 0 Å². The third-order valence-corrected chi connectivity index (χ3v) is 2.82. The van der Waals surface area contributed by atoms with Crippen molar-refractivity contribution in [2.24, 2.45) is 0 Å². The minimum atomic E-state index is -0.980. The number of benzene rings is 1. The van der Waals surface area contributed by atoms with Gasteiger partial charge in [0.05, 0.1) is 16.5 Å². The SMILES string of the molecule is O=c1oc(-c2ccc([N+](=O)[O-])o2)nc2cccc([N+](=O)[O-])c12. The zero-order chi connectivity index (χ0) is 15.9. The first kappa shape index (κ1) is 13.4. The highest BCUT2D eigenvalue weighted by atomic mass is 16.6. The third-order valence-electron chi connectivity index (χ3n) is 2.82. The zero-order valence-electron chi connectivity index (χ0n) is 10.6. The van der Waals surface area contributed by atoms with Gasteiger partial charge in [-0.3, -0.25) is 20.2 Å². The molecule has 10 heteroatoms. The predicted molar refractivity (Wildman–Crippen MR) is 71.3 cm³/mol. The summed E-state index contributed by atoms with van der Waals surface area (Å²) >= 11 is 0. The fourth-order valence-corrected chi connectivity index (χ4v) is 1.90. The number of non-ortho nitro benzene ring substituents is 1. The summed E-state index contributed by atoms with van der Waals surface area (Å²) in [6.07, 6.45) is 0. The maximum Gasteiger partial charge on any atom is 0.433 e. The average Bonchev–Trinajstić information content (AvgIpc) is 2.96. The van der Waals surface area contributed by atoms with Crippen LogP contribution in [0.3, 0.4) is 0 Å². The van der Waals surface area contributed by atoms with Gasteiger partial charge in [0.1, 0.15) is 4.92 Å². The van der Waals surface area contributed by atoms with Crippen LogP contribution >= 0.6 is 0 Å². The summed E-state index contributed by atoms with van der Waals surface area (Å²) in [5, 5.41) is 21.2. The summed E-state index contributed by atoms with van der Waals surface area (Å²) in [7, 11) is 0. The van der Waals surface area contributed by atoms with Crippen molar-refractivity contribution >= 4 is 22.5 Å². The number of hydrogen-bond acceptors (Lipinski definition) is 8. The Balaban J connectivity index is 2.23. The molecule has 0 atom stereocenters. The minimum Gasteiger partial charge on any atom is -0.399 e.